The number of nitro benzene ring substituents is 1. The van der Waals surface area contributed by atoms with Crippen LogP contribution in [0.25, 0.3) is 10.2 Å². The third-order valence-electron chi connectivity index (χ3n) is 4.08. The Morgan fingerprint density at radius 1 is 1.21 bits per heavy atom. The molecule has 0 bridgehead atoms. The smallest absolute Gasteiger partial charge is 0.325 e. The molecule has 0 saturated carbocycles. The molecule has 1 amide bonds. The third kappa shape index (κ3) is 4.49. The Balaban J connectivity index is 1.96. The van der Waals surface area contributed by atoms with Crippen LogP contribution in [-0.2, 0) is 27.3 Å². The molecule has 3 aromatic rings. The summed E-state index contributed by atoms with van der Waals surface area (Å²) in [5, 5.41) is 11.1. The van der Waals surface area contributed by atoms with Gasteiger partial charge in [0.1, 0.15) is 6.54 Å². The number of non-ortho nitro benzene ring substituents is 1. The number of thiazole rings is 1. The molecule has 0 aliphatic carbocycles. The van der Waals surface area contributed by atoms with Crippen LogP contribution in [0.4, 0.5) is 5.69 Å². The number of nitrogens with zero attached hydrogens (tertiary/aromatic N) is 3. The summed E-state index contributed by atoms with van der Waals surface area (Å²) >= 11 is 1.19. The van der Waals surface area contributed by atoms with Crippen LogP contribution in [-0.4, -0.2) is 28.5 Å². The SMILES string of the molecule is COC(=O)Cn1c(=NC(=O)CCc2ccccc2)sc2ccc([N+](=O)[O-])cc21. The lowest BCUT2D eigenvalue weighted by molar-refractivity contribution is -0.384. The highest BCUT2D eigenvalue weighted by Gasteiger charge is 2.15. The largest absolute Gasteiger partial charge is 0.468 e. The third-order valence-corrected chi connectivity index (χ3v) is 5.14. The van der Waals surface area contributed by atoms with Crippen molar-refractivity contribution in [3.05, 3.63) is 69.0 Å². The molecule has 0 unspecified atom stereocenters. The van der Waals surface area contributed by atoms with E-state index in [1.807, 2.05) is 30.3 Å². The summed E-state index contributed by atoms with van der Waals surface area (Å²) in [5.41, 5.74) is 1.38. The van der Waals surface area contributed by atoms with E-state index in [4.69, 9.17) is 4.74 Å². The Labute approximate surface area is 163 Å². The Morgan fingerprint density at radius 2 is 1.96 bits per heavy atom. The Morgan fingerprint density at radius 3 is 2.64 bits per heavy atom. The quantitative estimate of drug-likeness (QED) is 0.360. The number of nitro groups is 1. The van der Waals surface area contributed by atoms with Crippen molar-refractivity contribution >= 4 is 39.1 Å². The zero-order valence-electron chi connectivity index (χ0n) is 15.0. The first-order chi connectivity index (χ1) is 13.5. The number of methoxy groups -OCH3 is 1. The van der Waals surface area contributed by atoms with Crippen LogP contribution in [0, 0.1) is 10.1 Å². The van der Waals surface area contributed by atoms with Gasteiger partial charge >= 0.3 is 5.97 Å². The summed E-state index contributed by atoms with van der Waals surface area (Å²) in [7, 11) is 1.25. The van der Waals surface area contributed by atoms with Crippen LogP contribution in [0.15, 0.2) is 53.5 Å². The highest BCUT2D eigenvalue weighted by atomic mass is 32.1. The second kappa shape index (κ2) is 8.57. The second-order valence-corrected chi connectivity index (χ2v) is 6.96. The summed E-state index contributed by atoms with van der Waals surface area (Å²) in [5.74, 6) is -0.868. The summed E-state index contributed by atoms with van der Waals surface area (Å²) in [4.78, 5) is 39.1. The maximum absolute atomic E-state index is 12.3. The number of fused-ring (bicyclic) bond motifs is 1. The number of rotatable bonds is 6. The maximum atomic E-state index is 12.3. The van der Waals surface area contributed by atoms with Gasteiger partial charge in [0.2, 0.25) is 5.91 Å². The summed E-state index contributed by atoms with van der Waals surface area (Å²) in [6.45, 7) is -0.192. The van der Waals surface area contributed by atoms with Crippen molar-refractivity contribution in [2.75, 3.05) is 7.11 Å². The fraction of sp³-hybridized carbons (Fsp3) is 0.211. The molecule has 0 aliphatic heterocycles. The van der Waals surface area contributed by atoms with E-state index in [9.17, 15) is 19.7 Å². The molecule has 0 atom stereocenters. The lowest BCUT2D eigenvalue weighted by atomic mass is 10.1. The predicted octanol–water partition coefficient (Wildman–Crippen LogP) is 2.84. The highest BCUT2D eigenvalue weighted by molar-refractivity contribution is 7.16. The molecule has 2 aromatic carbocycles. The summed E-state index contributed by atoms with van der Waals surface area (Å²) in [6.07, 6.45) is 0.771. The van der Waals surface area contributed by atoms with Gasteiger partial charge in [-0.1, -0.05) is 41.7 Å². The number of esters is 1. The second-order valence-electron chi connectivity index (χ2n) is 5.95. The zero-order chi connectivity index (χ0) is 20.1. The van der Waals surface area contributed by atoms with E-state index in [1.165, 1.54) is 35.1 Å². The number of aryl methyl sites for hydroxylation is 1. The van der Waals surface area contributed by atoms with Gasteiger partial charge in [0, 0.05) is 18.6 Å². The molecule has 0 N–H and O–H groups in total. The van der Waals surface area contributed by atoms with Gasteiger partial charge in [-0.2, -0.15) is 4.99 Å². The van der Waals surface area contributed by atoms with E-state index in [0.29, 0.717) is 21.4 Å². The average molecular weight is 399 g/mol. The fourth-order valence-corrected chi connectivity index (χ4v) is 3.69. The molecule has 0 fully saturated rings. The van der Waals surface area contributed by atoms with Crippen molar-refractivity contribution in [1.29, 1.82) is 0 Å². The molecule has 28 heavy (non-hydrogen) atoms. The minimum absolute atomic E-state index is 0.106. The molecular weight excluding hydrogens is 382 g/mol. The van der Waals surface area contributed by atoms with E-state index in [1.54, 1.807) is 6.07 Å². The standard InChI is InChI=1S/C19H17N3O5S/c1-27-18(24)12-21-15-11-14(22(25)26)8-9-16(15)28-19(21)20-17(23)10-7-13-5-3-2-4-6-13/h2-6,8-9,11H,7,10,12H2,1H3. The van der Waals surface area contributed by atoms with Crippen molar-refractivity contribution in [2.45, 2.75) is 19.4 Å². The molecule has 0 spiro atoms. The lowest BCUT2D eigenvalue weighted by Gasteiger charge is -2.03. The van der Waals surface area contributed by atoms with E-state index in [2.05, 4.69) is 4.99 Å². The van der Waals surface area contributed by atoms with E-state index in [0.717, 1.165) is 5.56 Å². The number of ether oxygens (including phenoxy) is 1. The van der Waals surface area contributed by atoms with Gasteiger partial charge in [-0.25, -0.2) is 0 Å². The average Bonchev–Trinajstić information content (AvgIpc) is 3.03. The lowest BCUT2D eigenvalue weighted by Crippen LogP contribution is -2.22. The zero-order valence-corrected chi connectivity index (χ0v) is 15.8. The van der Waals surface area contributed by atoms with Crippen molar-refractivity contribution in [3.63, 3.8) is 0 Å². The van der Waals surface area contributed by atoms with Gasteiger partial charge in [0.25, 0.3) is 5.69 Å². The monoisotopic (exact) mass is 399 g/mol. The minimum Gasteiger partial charge on any atom is -0.468 e. The number of hydrogen-bond acceptors (Lipinski definition) is 6. The van der Waals surface area contributed by atoms with E-state index in [-0.39, 0.29) is 24.6 Å². The van der Waals surface area contributed by atoms with Crippen LogP contribution >= 0.6 is 11.3 Å². The Hall–Kier alpha value is -3.33. The first-order valence-electron chi connectivity index (χ1n) is 8.44. The number of carbonyl (C=O) groups is 2. The topological polar surface area (TPSA) is 104 Å². The number of benzene rings is 2. The summed E-state index contributed by atoms with van der Waals surface area (Å²) < 4.78 is 6.86. The molecule has 9 heteroatoms. The van der Waals surface area contributed by atoms with Crippen molar-refractivity contribution in [3.8, 4) is 0 Å². The van der Waals surface area contributed by atoms with E-state index < -0.39 is 10.9 Å². The van der Waals surface area contributed by atoms with Crippen LogP contribution in [0.5, 0.6) is 0 Å². The van der Waals surface area contributed by atoms with E-state index >= 15 is 0 Å². The number of amides is 1. The molecule has 3 rings (SSSR count). The van der Waals surface area contributed by atoms with Crippen LogP contribution in [0.1, 0.15) is 12.0 Å². The summed E-state index contributed by atoms with van der Waals surface area (Å²) in [6, 6.07) is 13.9. The van der Waals surface area contributed by atoms with Gasteiger partial charge in [-0.15, -0.1) is 0 Å². The Kier molecular flexibility index (Phi) is 5.95. The molecular formula is C19H17N3O5S. The number of hydrogen-bond donors (Lipinski definition) is 0. The maximum Gasteiger partial charge on any atom is 0.325 e. The van der Waals surface area contributed by atoms with Gasteiger partial charge in [0.15, 0.2) is 4.80 Å². The van der Waals surface area contributed by atoms with Crippen molar-refractivity contribution < 1.29 is 19.2 Å². The molecule has 0 radical (unpaired) electrons. The number of aromatic nitrogens is 1. The van der Waals surface area contributed by atoms with Crippen LogP contribution in [0.3, 0.4) is 0 Å². The van der Waals surface area contributed by atoms with Gasteiger partial charge < -0.3 is 9.30 Å². The molecule has 1 aromatic heterocycles. The normalized spacial score (nSPS) is 11.5. The van der Waals surface area contributed by atoms with Crippen LogP contribution in [0.2, 0.25) is 0 Å². The van der Waals surface area contributed by atoms with Crippen molar-refractivity contribution in [1.82, 2.24) is 4.57 Å². The van der Waals surface area contributed by atoms with Gasteiger partial charge in [-0.3, -0.25) is 19.7 Å². The molecule has 144 valence electrons. The number of carbonyl (C=O) groups excluding carboxylic acids is 2. The van der Waals surface area contributed by atoms with Gasteiger partial charge in [-0.05, 0) is 18.1 Å². The Bertz CT molecular complexity index is 1100. The van der Waals surface area contributed by atoms with Gasteiger partial charge in [0.05, 0.1) is 22.2 Å². The predicted molar refractivity (Wildman–Crippen MR) is 104 cm³/mol. The van der Waals surface area contributed by atoms with Crippen LogP contribution < -0.4 is 4.80 Å². The first kappa shape index (κ1) is 19.4. The molecule has 1 heterocycles. The minimum atomic E-state index is -0.538. The fourth-order valence-electron chi connectivity index (χ4n) is 2.66. The molecule has 0 aliphatic rings. The molecule has 8 nitrogen and oxygen atoms in total. The van der Waals surface area contributed by atoms with Crippen molar-refractivity contribution in [2.24, 2.45) is 4.99 Å². The molecule has 0 saturated heterocycles. The highest BCUT2D eigenvalue weighted by Crippen LogP contribution is 2.23. The first-order valence-corrected chi connectivity index (χ1v) is 9.25.